The fourth-order valence-corrected chi connectivity index (χ4v) is 5.11. The summed E-state index contributed by atoms with van der Waals surface area (Å²) in [6.45, 7) is 2.76. The molecule has 1 fully saturated rings. The van der Waals surface area contributed by atoms with Crippen LogP contribution in [0.2, 0.25) is 5.02 Å². The van der Waals surface area contributed by atoms with E-state index in [0.29, 0.717) is 35.2 Å². The molecule has 158 valence electrons. The van der Waals surface area contributed by atoms with Gasteiger partial charge in [0.15, 0.2) is 0 Å². The zero-order valence-electron chi connectivity index (χ0n) is 16.5. The van der Waals surface area contributed by atoms with Crippen LogP contribution in [-0.4, -0.2) is 69.7 Å². The Morgan fingerprint density at radius 3 is 2.40 bits per heavy atom. The Hall–Kier alpha value is -2.69. The lowest BCUT2D eigenvalue weighted by molar-refractivity contribution is 0.0692. The molecule has 0 radical (unpaired) electrons. The molecule has 0 spiro atoms. The number of sulfonamides is 1. The Labute approximate surface area is 179 Å². The number of hydrogen-bond acceptors (Lipinski definition) is 5. The number of carbonyl (C=O) groups is 1. The van der Waals surface area contributed by atoms with Crippen LogP contribution in [0.1, 0.15) is 16.2 Å². The number of nitrogens with zero attached hydrogens (tertiary/aromatic N) is 5. The molecule has 1 N–H and O–H groups in total. The standard InChI is InChI=1S/C19H21ClN6O3S/c1-13-18(12-21-24(13)2)30(28,29)26-9-7-25(8-10-26)19(27)17-11-16(22-23-17)14-3-5-15(20)6-4-14/h3-6,11-12H,7-10H2,1-2H3,(H,22,23). The largest absolute Gasteiger partial charge is 0.335 e. The topological polar surface area (TPSA) is 104 Å². The molecule has 1 aliphatic rings. The van der Waals surface area contributed by atoms with Gasteiger partial charge in [0.1, 0.15) is 10.6 Å². The van der Waals surface area contributed by atoms with E-state index in [0.717, 1.165) is 5.56 Å². The van der Waals surface area contributed by atoms with Crippen LogP contribution in [0.25, 0.3) is 11.3 Å². The van der Waals surface area contributed by atoms with Gasteiger partial charge in [-0.05, 0) is 25.1 Å². The van der Waals surface area contributed by atoms with E-state index in [4.69, 9.17) is 11.6 Å². The lowest BCUT2D eigenvalue weighted by Gasteiger charge is -2.33. The fraction of sp³-hybridized carbons (Fsp3) is 0.316. The minimum absolute atomic E-state index is 0.200. The molecule has 0 aliphatic carbocycles. The van der Waals surface area contributed by atoms with Crippen LogP contribution in [0.4, 0.5) is 0 Å². The quantitative estimate of drug-likeness (QED) is 0.656. The number of amides is 1. The molecule has 9 nitrogen and oxygen atoms in total. The second kappa shape index (κ2) is 7.86. The molecule has 30 heavy (non-hydrogen) atoms. The van der Waals surface area contributed by atoms with Crippen LogP contribution in [0.15, 0.2) is 41.4 Å². The number of aromatic amines is 1. The van der Waals surface area contributed by atoms with Crippen molar-refractivity contribution >= 4 is 27.5 Å². The van der Waals surface area contributed by atoms with Gasteiger partial charge >= 0.3 is 0 Å². The van der Waals surface area contributed by atoms with Crippen LogP contribution in [0.5, 0.6) is 0 Å². The van der Waals surface area contributed by atoms with Gasteiger partial charge in [-0.25, -0.2) is 8.42 Å². The van der Waals surface area contributed by atoms with Gasteiger partial charge in [-0.2, -0.15) is 14.5 Å². The second-order valence-corrected chi connectivity index (χ2v) is 9.43. The number of rotatable bonds is 4. The summed E-state index contributed by atoms with van der Waals surface area (Å²) in [6, 6.07) is 8.87. The Balaban J connectivity index is 1.44. The lowest BCUT2D eigenvalue weighted by atomic mass is 10.1. The Bertz CT molecular complexity index is 1180. The first kappa shape index (κ1) is 20.6. The molecule has 0 atom stereocenters. The van der Waals surface area contributed by atoms with Crippen molar-refractivity contribution < 1.29 is 13.2 Å². The van der Waals surface area contributed by atoms with E-state index >= 15 is 0 Å². The summed E-state index contributed by atoms with van der Waals surface area (Å²) >= 11 is 5.91. The lowest BCUT2D eigenvalue weighted by Crippen LogP contribution is -2.50. The summed E-state index contributed by atoms with van der Waals surface area (Å²) in [5, 5.41) is 11.6. The highest BCUT2D eigenvalue weighted by Gasteiger charge is 2.32. The molecule has 3 aromatic rings. The van der Waals surface area contributed by atoms with Crippen LogP contribution in [-0.2, 0) is 17.1 Å². The number of halogens is 1. The summed E-state index contributed by atoms with van der Waals surface area (Å²) in [6.07, 6.45) is 1.37. The van der Waals surface area contributed by atoms with Gasteiger partial charge in [0, 0.05) is 43.8 Å². The molecule has 4 rings (SSSR count). The van der Waals surface area contributed by atoms with Crippen LogP contribution in [0.3, 0.4) is 0 Å². The summed E-state index contributed by atoms with van der Waals surface area (Å²) in [5.41, 5.74) is 2.43. The summed E-state index contributed by atoms with van der Waals surface area (Å²) < 4.78 is 28.7. The number of carbonyl (C=O) groups excluding carboxylic acids is 1. The van der Waals surface area contributed by atoms with Gasteiger partial charge in [-0.1, -0.05) is 23.7 Å². The maximum Gasteiger partial charge on any atom is 0.271 e. The average Bonchev–Trinajstić information content (AvgIpc) is 3.36. The molecular weight excluding hydrogens is 428 g/mol. The summed E-state index contributed by atoms with van der Waals surface area (Å²) in [5.74, 6) is -0.211. The summed E-state index contributed by atoms with van der Waals surface area (Å²) in [7, 11) is -1.94. The monoisotopic (exact) mass is 448 g/mol. The Kier molecular flexibility index (Phi) is 5.39. The zero-order chi connectivity index (χ0) is 21.5. The first-order chi connectivity index (χ1) is 14.3. The molecule has 0 unspecified atom stereocenters. The number of aryl methyl sites for hydroxylation is 1. The Morgan fingerprint density at radius 1 is 1.13 bits per heavy atom. The molecule has 1 aromatic carbocycles. The van der Waals surface area contributed by atoms with Crippen molar-refractivity contribution in [1.29, 1.82) is 0 Å². The molecule has 1 amide bonds. The van der Waals surface area contributed by atoms with E-state index < -0.39 is 10.0 Å². The van der Waals surface area contributed by atoms with Gasteiger partial charge < -0.3 is 4.90 Å². The minimum atomic E-state index is -3.64. The highest BCUT2D eigenvalue weighted by molar-refractivity contribution is 7.89. The van der Waals surface area contributed by atoms with E-state index in [1.54, 1.807) is 37.1 Å². The van der Waals surface area contributed by atoms with E-state index in [1.807, 2.05) is 12.1 Å². The van der Waals surface area contributed by atoms with Gasteiger partial charge in [-0.15, -0.1) is 0 Å². The van der Waals surface area contributed by atoms with Crippen LogP contribution >= 0.6 is 11.6 Å². The highest BCUT2D eigenvalue weighted by Crippen LogP contribution is 2.23. The Morgan fingerprint density at radius 2 is 1.80 bits per heavy atom. The normalized spacial score (nSPS) is 15.5. The van der Waals surface area contributed by atoms with Crippen LogP contribution < -0.4 is 0 Å². The number of nitrogens with one attached hydrogen (secondary N) is 1. The van der Waals surface area contributed by atoms with Crippen LogP contribution in [0, 0.1) is 6.92 Å². The molecule has 0 saturated carbocycles. The first-order valence-corrected chi connectivity index (χ1v) is 11.2. The number of H-pyrrole nitrogens is 1. The van der Waals surface area contributed by atoms with Crippen molar-refractivity contribution in [2.75, 3.05) is 26.2 Å². The van der Waals surface area contributed by atoms with E-state index in [1.165, 1.54) is 15.2 Å². The van der Waals surface area contributed by atoms with Crippen molar-refractivity contribution in [3.05, 3.63) is 52.9 Å². The fourth-order valence-electron chi connectivity index (χ4n) is 3.37. The molecule has 3 heterocycles. The van der Waals surface area contributed by atoms with Crippen molar-refractivity contribution in [3.8, 4) is 11.3 Å². The third kappa shape index (κ3) is 3.73. The second-order valence-electron chi connectivity index (χ2n) is 7.09. The van der Waals surface area contributed by atoms with Gasteiger partial charge in [0.2, 0.25) is 10.0 Å². The van der Waals surface area contributed by atoms with Crippen molar-refractivity contribution in [3.63, 3.8) is 0 Å². The molecule has 1 saturated heterocycles. The third-order valence-electron chi connectivity index (χ3n) is 5.28. The van der Waals surface area contributed by atoms with E-state index in [2.05, 4.69) is 15.3 Å². The predicted molar refractivity (Wildman–Crippen MR) is 112 cm³/mol. The molecule has 0 bridgehead atoms. The van der Waals surface area contributed by atoms with Gasteiger partial charge in [-0.3, -0.25) is 14.6 Å². The van der Waals surface area contributed by atoms with Crippen molar-refractivity contribution in [2.45, 2.75) is 11.8 Å². The van der Waals surface area contributed by atoms with Crippen molar-refractivity contribution in [1.82, 2.24) is 29.2 Å². The predicted octanol–water partition coefficient (Wildman–Crippen LogP) is 1.92. The molecular formula is C19H21ClN6O3S. The minimum Gasteiger partial charge on any atom is -0.335 e. The van der Waals surface area contributed by atoms with E-state index in [9.17, 15) is 13.2 Å². The van der Waals surface area contributed by atoms with E-state index in [-0.39, 0.29) is 23.9 Å². The van der Waals surface area contributed by atoms with Gasteiger partial charge in [0.25, 0.3) is 5.91 Å². The number of aromatic nitrogens is 4. The number of piperazine rings is 1. The average molecular weight is 449 g/mol. The van der Waals surface area contributed by atoms with Gasteiger partial charge in [0.05, 0.1) is 17.6 Å². The number of benzene rings is 1. The number of hydrogen-bond donors (Lipinski definition) is 1. The maximum atomic E-state index is 12.9. The maximum absolute atomic E-state index is 12.9. The third-order valence-corrected chi connectivity index (χ3v) is 7.54. The SMILES string of the molecule is Cc1c(S(=O)(=O)N2CCN(C(=O)c3cc(-c4ccc(Cl)cc4)n[nH]3)CC2)cnn1C. The molecule has 11 heteroatoms. The zero-order valence-corrected chi connectivity index (χ0v) is 18.1. The highest BCUT2D eigenvalue weighted by atomic mass is 35.5. The van der Waals surface area contributed by atoms with Crippen molar-refractivity contribution in [2.24, 2.45) is 7.05 Å². The first-order valence-electron chi connectivity index (χ1n) is 9.37. The summed E-state index contributed by atoms with van der Waals surface area (Å²) in [4.78, 5) is 14.7. The molecule has 2 aromatic heterocycles. The smallest absolute Gasteiger partial charge is 0.271 e. The molecule has 1 aliphatic heterocycles.